The molecule has 0 aliphatic carbocycles. The molecule has 124 valence electrons. The minimum absolute atomic E-state index is 0. The number of halogens is 1. The highest BCUT2D eigenvalue weighted by atomic mass is 127. The van der Waals surface area contributed by atoms with Crippen molar-refractivity contribution in [2.24, 2.45) is 16.6 Å². The molecule has 1 saturated heterocycles. The first kappa shape index (κ1) is 19.1. The number of hydrogen-bond acceptors (Lipinski definition) is 2. The maximum absolute atomic E-state index is 6.12. The summed E-state index contributed by atoms with van der Waals surface area (Å²) in [6.07, 6.45) is 3.51. The van der Waals surface area contributed by atoms with Crippen molar-refractivity contribution >= 4 is 29.9 Å². The fraction of sp³-hybridized carbons (Fsp3) is 0.588. The van der Waals surface area contributed by atoms with Crippen LogP contribution in [0, 0.1) is 5.92 Å². The van der Waals surface area contributed by atoms with Gasteiger partial charge >= 0.3 is 0 Å². The third kappa shape index (κ3) is 6.02. The summed E-state index contributed by atoms with van der Waals surface area (Å²) in [4.78, 5) is 6.74. The van der Waals surface area contributed by atoms with E-state index >= 15 is 0 Å². The van der Waals surface area contributed by atoms with E-state index in [0.29, 0.717) is 18.4 Å². The molecule has 1 atom stereocenters. The zero-order valence-corrected chi connectivity index (χ0v) is 16.0. The summed E-state index contributed by atoms with van der Waals surface area (Å²) in [5, 5.41) is 0. The van der Waals surface area contributed by atoms with Crippen molar-refractivity contribution < 1.29 is 4.74 Å². The molecule has 0 radical (unpaired) electrons. The predicted molar refractivity (Wildman–Crippen MR) is 103 cm³/mol. The fourth-order valence-electron chi connectivity index (χ4n) is 2.62. The second-order valence-electron chi connectivity index (χ2n) is 5.86. The highest BCUT2D eigenvalue weighted by molar-refractivity contribution is 14.0. The van der Waals surface area contributed by atoms with E-state index in [0.717, 1.165) is 37.4 Å². The van der Waals surface area contributed by atoms with Crippen molar-refractivity contribution in [1.82, 2.24) is 4.90 Å². The minimum atomic E-state index is 0. The molecule has 2 rings (SSSR count). The van der Waals surface area contributed by atoms with Crippen molar-refractivity contribution in [3.8, 4) is 5.75 Å². The molecule has 1 heterocycles. The second kappa shape index (κ2) is 9.92. The van der Waals surface area contributed by atoms with E-state index in [1.54, 1.807) is 0 Å². The summed E-state index contributed by atoms with van der Waals surface area (Å²) in [5.41, 5.74) is 7.26. The monoisotopic (exact) mass is 417 g/mol. The molecule has 1 aliphatic rings. The van der Waals surface area contributed by atoms with Crippen LogP contribution >= 0.6 is 24.0 Å². The van der Waals surface area contributed by atoms with Crippen LogP contribution in [0.3, 0.4) is 0 Å². The lowest BCUT2D eigenvalue weighted by atomic mass is 10.0. The highest BCUT2D eigenvalue weighted by Gasteiger charge is 2.17. The zero-order chi connectivity index (χ0) is 15.1. The van der Waals surface area contributed by atoms with Crippen molar-refractivity contribution in [3.05, 3.63) is 29.8 Å². The largest absolute Gasteiger partial charge is 0.494 e. The summed E-state index contributed by atoms with van der Waals surface area (Å²) >= 11 is 0. The van der Waals surface area contributed by atoms with Gasteiger partial charge in [-0.1, -0.05) is 26.0 Å². The van der Waals surface area contributed by atoms with E-state index in [-0.39, 0.29) is 24.0 Å². The van der Waals surface area contributed by atoms with Gasteiger partial charge in [0.2, 0.25) is 0 Å². The molecule has 22 heavy (non-hydrogen) atoms. The van der Waals surface area contributed by atoms with Gasteiger partial charge in [-0.05, 0) is 42.9 Å². The molecule has 1 aromatic rings. The molecule has 0 bridgehead atoms. The number of ether oxygens (including phenoxy) is 1. The number of benzene rings is 1. The lowest BCUT2D eigenvalue weighted by molar-refractivity contribution is 0.270. The Balaban J connectivity index is 0.00000242. The fourth-order valence-corrected chi connectivity index (χ4v) is 2.62. The van der Waals surface area contributed by atoms with Gasteiger partial charge in [0.05, 0.1) is 13.2 Å². The average molecular weight is 417 g/mol. The van der Waals surface area contributed by atoms with Crippen molar-refractivity contribution in [1.29, 1.82) is 0 Å². The molecule has 0 amide bonds. The zero-order valence-electron chi connectivity index (χ0n) is 13.6. The van der Waals surface area contributed by atoms with Gasteiger partial charge in [0, 0.05) is 13.1 Å². The normalized spacial score (nSPS) is 18.7. The van der Waals surface area contributed by atoms with E-state index in [1.807, 2.05) is 18.2 Å². The molecule has 4 nitrogen and oxygen atoms in total. The van der Waals surface area contributed by atoms with Crippen LogP contribution in [0.5, 0.6) is 5.75 Å². The van der Waals surface area contributed by atoms with Crippen LogP contribution < -0.4 is 10.5 Å². The van der Waals surface area contributed by atoms with Crippen LogP contribution in [-0.2, 0) is 6.54 Å². The summed E-state index contributed by atoms with van der Waals surface area (Å²) < 4.78 is 5.64. The second-order valence-corrected chi connectivity index (χ2v) is 5.86. The minimum Gasteiger partial charge on any atom is -0.494 e. The molecule has 1 aromatic carbocycles. The van der Waals surface area contributed by atoms with Crippen LogP contribution in [0.15, 0.2) is 29.3 Å². The Labute approximate surface area is 151 Å². The SMILES string of the molecule is CCCOc1cccc(CN=C(N)N2CCCC(C)C2)c1.I. The average Bonchev–Trinajstić information content (AvgIpc) is 2.51. The topological polar surface area (TPSA) is 50.9 Å². The Morgan fingerprint density at radius 2 is 2.27 bits per heavy atom. The molecule has 5 heteroatoms. The molecule has 0 saturated carbocycles. The van der Waals surface area contributed by atoms with Crippen LogP contribution in [0.1, 0.15) is 38.7 Å². The van der Waals surface area contributed by atoms with Crippen LogP contribution in [0.4, 0.5) is 0 Å². The van der Waals surface area contributed by atoms with Gasteiger partial charge in [0.1, 0.15) is 5.75 Å². The van der Waals surface area contributed by atoms with E-state index in [2.05, 4.69) is 29.8 Å². The number of rotatable bonds is 5. The first-order chi connectivity index (χ1) is 10.2. The summed E-state index contributed by atoms with van der Waals surface area (Å²) in [6.45, 7) is 7.79. The smallest absolute Gasteiger partial charge is 0.191 e. The number of piperidine rings is 1. The number of likely N-dealkylation sites (tertiary alicyclic amines) is 1. The van der Waals surface area contributed by atoms with Crippen molar-refractivity contribution in [3.63, 3.8) is 0 Å². The van der Waals surface area contributed by atoms with E-state index in [9.17, 15) is 0 Å². The Morgan fingerprint density at radius 1 is 1.45 bits per heavy atom. The van der Waals surface area contributed by atoms with Crippen LogP contribution in [0.25, 0.3) is 0 Å². The molecule has 1 unspecified atom stereocenters. The molecule has 0 spiro atoms. The summed E-state index contributed by atoms with van der Waals surface area (Å²) in [6, 6.07) is 8.10. The van der Waals surface area contributed by atoms with Gasteiger partial charge in [-0.2, -0.15) is 0 Å². The molecular formula is C17H28IN3O. The summed E-state index contributed by atoms with van der Waals surface area (Å²) in [7, 11) is 0. The molecule has 2 N–H and O–H groups in total. The Hall–Kier alpha value is -0.980. The Kier molecular flexibility index (Phi) is 8.60. The van der Waals surface area contributed by atoms with Gasteiger partial charge in [-0.3, -0.25) is 0 Å². The Morgan fingerprint density at radius 3 is 3.00 bits per heavy atom. The molecule has 1 fully saturated rings. The third-order valence-electron chi connectivity index (χ3n) is 3.78. The van der Waals surface area contributed by atoms with E-state index in [1.165, 1.54) is 12.8 Å². The maximum atomic E-state index is 6.12. The standard InChI is InChI=1S/C17H27N3O.HI/c1-3-10-21-16-8-4-7-15(11-16)12-19-17(18)20-9-5-6-14(2)13-20;/h4,7-8,11,14H,3,5-6,9-10,12-13H2,1-2H3,(H2,18,19);1H. The van der Waals surface area contributed by atoms with Crippen LogP contribution in [-0.4, -0.2) is 30.6 Å². The first-order valence-corrected chi connectivity index (χ1v) is 7.95. The van der Waals surface area contributed by atoms with Gasteiger partial charge < -0.3 is 15.4 Å². The van der Waals surface area contributed by atoms with Gasteiger partial charge in [0.15, 0.2) is 5.96 Å². The molecule has 0 aromatic heterocycles. The molecule has 1 aliphatic heterocycles. The predicted octanol–water partition coefficient (Wildman–Crippen LogP) is 3.64. The third-order valence-corrected chi connectivity index (χ3v) is 3.78. The number of guanidine groups is 1. The van der Waals surface area contributed by atoms with E-state index in [4.69, 9.17) is 10.5 Å². The first-order valence-electron chi connectivity index (χ1n) is 7.95. The number of nitrogens with zero attached hydrogens (tertiary/aromatic N) is 2. The quantitative estimate of drug-likeness (QED) is 0.452. The van der Waals surface area contributed by atoms with Crippen molar-refractivity contribution in [2.75, 3.05) is 19.7 Å². The highest BCUT2D eigenvalue weighted by Crippen LogP contribution is 2.16. The van der Waals surface area contributed by atoms with E-state index < -0.39 is 0 Å². The van der Waals surface area contributed by atoms with Gasteiger partial charge in [0.25, 0.3) is 0 Å². The Bertz CT molecular complexity index is 479. The molecular weight excluding hydrogens is 389 g/mol. The number of hydrogen-bond donors (Lipinski definition) is 1. The lowest BCUT2D eigenvalue weighted by Gasteiger charge is -2.31. The maximum Gasteiger partial charge on any atom is 0.191 e. The number of nitrogens with two attached hydrogens (primary N) is 1. The van der Waals surface area contributed by atoms with Crippen LogP contribution in [0.2, 0.25) is 0 Å². The van der Waals surface area contributed by atoms with Gasteiger partial charge in [-0.25, -0.2) is 4.99 Å². The van der Waals surface area contributed by atoms with Crippen molar-refractivity contribution in [2.45, 2.75) is 39.7 Å². The summed E-state index contributed by atoms with van der Waals surface area (Å²) in [5.74, 6) is 2.29. The number of aliphatic imine (C=N–C) groups is 1. The lowest BCUT2D eigenvalue weighted by Crippen LogP contribution is -2.43. The van der Waals surface area contributed by atoms with Gasteiger partial charge in [-0.15, -0.1) is 24.0 Å².